The number of oxazole rings is 1. The average Bonchev–Trinajstić information content (AvgIpc) is 3.17. The van der Waals surface area contributed by atoms with Crippen molar-refractivity contribution in [3.05, 3.63) is 17.8 Å². The maximum absolute atomic E-state index is 12.3. The van der Waals surface area contributed by atoms with E-state index in [0.29, 0.717) is 24.0 Å². The van der Waals surface area contributed by atoms with Crippen LogP contribution in [0.3, 0.4) is 0 Å². The number of hydrogen-bond acceptors (Lipinski definition) is 6. The second-order valence-electron chi connectivity index (χ2n) is 8.73. The van der Waals surface area contributed by atoms with Crippen LogP contribution in [0.5, 0.6) is 0 Å². The summed E-state index contributed by atoms with van der Waals surface area (Å²) in [5, 5.41) is 13.1. The van der Waals surface area contributed by atoms with Crippen molar-refractivity contribution in [1.82, 2.24) is 20.1 Å². The number of aliphatic hydroxyl groups is 1. The topological polar surface area (TPSA) is 81.8 Å². The molecule has 1 aromatic rings. The Bertz CT molecular complexity index is 605. The Hall–Kier alpha value is -1.44. The number of piperazine rings is 1. The molecule has 1 unspecified atom stereocenters. The van der Waals surface area contributed by atoms with Gasteiger partial charge in [-0.1, -0.05) is 33.1 Å². The Morgan fingerprint density at radius 2 is 1.89 bits per heavy atom. The molecule has 1 atom stereocenters. The van der Waals surface area contributed by atoms with Crippen molar-refractivity contribution in [2.24, 2.45) is 11.8 Å². The van der Waals surface area contributed by atoms with E-state index in [1.165, 1.54) is 38.4 Å². The number of β-amino-alcohol motifs (C(OH)–C–C–N with tert-alkyl or cyclic N) is 1. The molecule has 0 radical (unpaired) electrons. The van der Waals surface area contributed by atoms with E-state index in [9.17, 15) is 9.90 Å². The van der Waals surface area contributed by atoms with Gasteiger partial charge in [0.2, 0.25) is 5.89 Å². The molecule has 2 N–H and O–H groups in total. The number of aromatic nitrogens is 1. The van der Waals surface area contributed by atoms with Gasteiger partial charge < -0.3 is 14.8 Å². The molecule has 2 fully saturated rings. The zero-order valence-electron chi connectivity index (χ0n) is 17.4. The van der Waals surface area contributed by atoms with Crippen molar-refractivity contribution < 1.29 is 14.3 Å². The maximum atomic E-state index is 12.3. The zero-order valence-corrected chi connectivity index (χ0v) is 17.4. The van der Waals surface area contributed by atoms with Gasteiger partial charge in [0.05, 0.1) is 12.6 Å². The van der Waals surface area contributed by atoms with E-state index in [2.05, 4.69) is 20.1 Å². The summed E-state index contributed by atoms with van der Waals surface area (Å²) in [5.74, 6) is 1.36. The largest absolute Gasteiger partial charge is 0.447 e. The lowest BCUT2D eigenvalue weighted by Gasteiger charge is -2.35. The smallest absolute Gasteiger partial charge is 0.273 e. The maximum Gasteiger partial charge on any atom is 0.273 e. The highest BCUT2D eigenvalue weighted by atomic mass is 16.3. The van der Waals surface area contributed by atoms with Crippen LogP contribution < -0.4 is 5.32 Å². The minimum atomic E-state index is -0.270. The molecule has 1 aromatic heterocycles. The predicted molar refractivity (Wildman–Crippen MR) is 108 cm³/mol. The fourth-order valence-corrected chi connectivity index (χ4v) is 4.00. The second-order valence-corrected chi connectivity index (χ2v) is 8.73. The third kappa shape index (κ3) is 6.29. The highest BCUT2D eigenvalue weighted by molar-refractivity contribution is 5.91. The minimum Gasteiger partial charge on any atom is -0.447 e. The van der Waals surface area contributed by atoms with E-state index in [4.69, 9.17) is 4.42 Å². The summed E-state index contributed by atoms with van der Waals surface area (Å²) in [6.07, 6.45) is 7.50. The first kappa shape index (κ1) is 21.3. The van der Waals surface area contributed by atoms with Crippen LogP contribution in [0.15, 0.2) is 10.7 Å². The lowest BCUT2D eigenvalue weighted by atomic mass is 9.89. The van der Waals surface area contributed by atoms with Crippen molar-refractivity contribution in [2.45, 2.75) is 58.6 Å². The van der Waals surface area contributed by atoms with Crippen molar-refractivity contribution in [1.29, 1.82) is 0 Å². The number of carbonyl (C=O) groups is 1. The van der Waals surface area contributed by atoms with E-state index in [1.54, 1.807) is 0 Å². The van der Waals surface area contributed by atoms with Crippen LogP contribution in [-0.2, 0) is 6.54 Å². The molecule has 158 valence electrons. The van der Waals surface area contributed by atoms with Crippen LogP contribution in [0.1, 0.15) is 62.3 Å². The zero-order chi connectivity index (χ0) is 19.9. The monoisotopic (exact) mass is 392 g/mol. The number of nitrogens with zero attached hydrogens (tertiary/aromatic N) is 3. The number of rotatable bonds is 8. The van der Waals surface area contributed by atoms with Crippen LogP contribution in [0, 0.1) is 11.8 Å². The highest BCUT2D eigenvalue weighted by Gasteiger charge is 2.22. The molecule has 3 rings (SSSR count). The molecule has 1 saturated heterocycles. The van der Waals surface area contributed by atoms with Gasteiger partial charge in [0.15, 0.2) is 5.69 Å². The van der Waals surface area contributed by atoms with Gasteiger partial charge in [0.25, 0.3) is 5.91 Å². The Morgan fingerprint density at radius 3 is 2.57 bits per heavy atom. The van der Waals surface area contributed by atoms with Crippen molar-refractivity contribution >= 4 is 5.91 Å². The molecule has 2 heterocycles. The van der Waals surface area contributed by atoms with Crippen LogP contribution in [0.2, 0.25) is 0 Å². The van der Waals surface area contributed by atoms with Gasteiger partial charge in [0, 0.05) is 39.3 Å². The summed E-state index contributed by atoms with van der Waals surface area (Å²) in [6, 6.07) is 0. The number of carbonyl (C=O) groups excluding carboxylic acids is 1. The van der Waals surface area contributed by atoms with E-state index < -0.39 is 0 Å². The molecule has 1 amide bonds. The van der Waals surface area contributed by atoms with E-state index in [-0.39, 0.29) is 17.9 Å². The van der Waals surface area contributed by atoms with Gasteiger partial charge in [-0.05, 0) is 24.7 Å². The molecule has 2 aliphatic rings. The first-order chi connectivity index (χ1) is 13.5. The summed E-state index contributed by atoms with van der Waals surface area (Å²) in [7, 11) is 0. The van der Waals surface area contributed by atoms with Gasteiger partial charge >= 0.3 is 0 Å². The summed E-state index contributed by atoms with van der Waals surface area (Å²) in [5.41, 5.74) is 0.379. The minimum absolute atomic E-state index is 0.131. The van der Waals surface area contributed by atoms with Crippen LogP contribution in [0.25, 0.3) is 0 Å². The molecule has 7 nitrogen and oxygen atoms in total. The Balaban J connectivity index is 1.39. The highest BCUT2D eigenvalue weighted by Crippen LogP contribution is 2.22. The fourth-order valence-electron chi connectivity index (χ4n) is 4.00. The molecular formula is C21H36N4O3. The first-order valence-corrected chi connectivity index (χ1v) is 10.9. The number of nitrogens with one attached hydrogen (secondary N) is 1. The standard InChI is InChI=1S/C21H36N4O3/c1-16(2)19(26)13-24-8-10-25(11-9-24)14-20-23-18(15-28-20)21(27)22-12-17-6-4-3-5-7-17/h15-17,19,26H,3-14H2,1-2H3,(H,22,27). The number of aliphatic hydroxyl groups excluding tert-OH is 1. The Kier molecular flexibility index (Phi) is 7.88. The third-order valence-corrected chi connectivity index (χ3v) is 6.10. The van der Waals surface area contributed by atoms with Crippen molar-refractivity contribution in [3.63, 3.8) is 0 Å². The molecular weight excluding hydrogens is 356 g/mol. The summed E-state index contributed by atoms with van der Waals surface area (Å²) in [4.78, 5) is 21.3. The quantitative estimate of drug-likeness (QED) is 0.705. The molecule has 28 heavy (non-hydrogen) atoms. The summed E-state index contributed by atoms with van der Waals surface area (Å²) in [6.45, 7) is 9.88. The lowest BCUT2D eigenvalue weighted by molar-refractivity contribution is 0.0463. The molecule has 1 aliphatic carbocycles. The predicted octanol–water partition coefficient (Wildman–Crippen LogP) is 2.12. The number of amides is 1. The SMILES string of the molecule is CC(C)C(O)CN1CCN(Cc2nc(C(=O)NCC3CCCCC3)co2)CC1. The molecule has 7 heteroatoms. The third-order valence-electron chi connectivity index (χ3n) is 6.10. The fraction of sp³-hybridized carbons (Fsp3) is 0.810. The van der Waals surface area contributed by atoms with Crippen molar-refractivity contribution in [2.75, 3.05) is 39.3 Å². The van der Waals surface area contributed by atoms with Gasteiger partial charge in [-0.15, -0.1) is 0 Å². The van der Waals surface area contributed by atoms with E-state index >= 15 is 0 Å². The molecule has 0 bridgehead atoms. The number of hydrogen-bond donors (Lipinski definition) is 2. The summed E-state index contributed by atoms with van der Waals surface area (Å²) < 4.78 is 5.54. The van der Waals surface area contributed by atoms with Gasteiger partial charge in [-0.25, -0.2) is 4.98 Å². The average molecular weight is 393 g/mol. The first-order valence-electron chi connectivity index (χ1n) is 10.9. The molecule has 0 aromatic carbocycles. The Labute approximate surface area is 168 Å². The van der Waals surface area contributed by atoms with Crippen LogP contribution >= 0.6 is 0 Å². The van der Waals surface area contributed by atoms with Gasteiger partial charge in [-0.2, -0.15) is 0 Å². The van der Waals surface area contributed by atoms with Gasteiger partial charge in [0.1, 0.15) is 6.26 Å². The molecule has 0 spiro atoms. The van der Waals surface area contributed by atoms with Crippen LogP contribution in [0.4, 0.5) is 0 Å². The van der Waals surface area contributed by atoms with E-state index in [0.717, 1.165) is 39.3 Å². The van der Waals surface area contributed by atoms with Crippen molar-refractivity contribution in [3.8, 4) is 0 Å². The lowest BCUT2D eigenvalue weighted by Crippen LogP contribution is -2.48. The second kappa shape index (κ2) is 10.4. The molecule has 1 aliphatic heterocycles. The molecule has 1 saturated carbocycles. The normalized spacial score (nSPS) is 21.1. The Morgan fingerprint density at radius 1 is 1.21 bits per heavy atom. The van der Waals surface area contributed by atoms with Crippen LogP contribution in [-0.4, -0.2) is 71.2 Å². The van der Waals surface area contributed by atoms with Gasteiger partial charge in [-0.3, -0.25) is 14.6 Å². The van der Waals surface area contributed by atoms with E-state index in [1.807, 2.05) is 13.8 Å². The summed E-state index contributed by atoms with van der Waals surface area (Å²) >= 11 is 0.